The molecule has 1 aliphatic heterocycles. The van der Waals surface area contributed by atoms with Crippen LogP contribution < -0.4 is 19.5 Å². The van der Waals surface area contributed by atoms with Gasteiger partial charge in [0.05, 0.1) is 24.6 Å². The van der Waals surface area contributed by atoms with Crippen molar-refractivity contribution in [1.82, 2.24) is 9.78 Å². The zero-order valence-corrected chi connectivity index (χ0v) is 18.6. The lowest BCUT2D eigenvalue weighted by Crippen LogP contribution is -2.30. The first kappa shape index (κ1) is 23.9. The molecule has 9 nitrogen and oxygen atoms in total. The van der Waals surface area contributed by atoms with Crippen LogP contribution in [-0.4, -0.2) is 48.1 Å². The van der Waals surface area contributed by atoms with E-state index in [1.807, 2.05) is 0 Å². The van der Waals surface area contributed by atoms with Gasteiger partial charge in [0.1, 0.15) is 13.2 Å². The highest BCUT2D eigenvalue weighted by molar-refractivity contribution is 5.97. The quantitative estimate of drug-likeness (QED) is 0.523. The van der Waals surface area contributed by atoms with Gasteiger partial charge in [0, 0.05) is 11.8 Å². The highest BCUT2D eigenvalue weighted by atomic mass is 19.4. The summed E-state index contributed by atoms with van der Waals surface area (Å²) in [5, 5.41) is 6.62. The van der Waals surface area contributed by atoms with Gasteiger partial charge in [0.15, 0.2) is 23.4 Å². The molecule has 2 heterocycles. The number of fused-ring (bicyclic) bond motifs is 1. The minimum atomic E-state index is -4.55. The molecule has 3 aromatic rings. The van der Waals surface area contributed by atoms with Crippen molar-refractivity contribution in [3.63, 3.8) is 0 Å². The van der Waals surface area contributed by atoms with E-state index in [9.17, 15) is 22.8 Å². The average Bonchev–Trinajstić information content (AvgIpc) is 3.28. The molecule has 1 amide bonds. The number of nitrogens with one attached hydrogen (secondary N) is 1. The lowest BCUT2D eigenvalue weighted by molar-refractivity contribution is -0.137. The second kappa shape index (κ2) is 9.57. The van der Waals surface area contributed by atoms with Crippen LogP contribution in [0.1, 0.15) is 23.0 Å². The van der Waals surface area contributed by atoms with Crippen LogP contribution in [0.2, 0.25) is 0 Å². The number of rotatable bonds is 6. The maximum atomic E-state index is 13.0. The van der Waals surface area contributed by atoms with Crippen molar-refractivity contribution in [1.29, 1.82) is 0 Å². The molecule has 1 aliphatic rings. The van der Waals surface area contributed by atoms with Crippen molar-refractivity contribution >= 4 is 17.6 Å². The molecule has 0 saturated heterocycles. The summed E-state index contributed by atoms with van der Waals surface area (Å²) in [4.78, 5) is 25.2. The number of nitrogens with zero attached hydrogens (tertiary/aromatic N) is 2. The van der Waals surface area contributed by atoms with Gasteiger partial charge in [-0.25, -0.2) is 9.48 Å². The maximum absolute atomic E-state index is 13.0. The van der Waals surface area contributed by atoms with Crippen molar-refractivity contribution in [3.8, 4) is 22.9 Å². The molecule has 0 fully saturated rings. The molecule has 12 heteroatoms. The number of methoxy groups -OCH3 is 1. The number of amides is 1. The van der Waals surface area contributed by atoms with Gasteiger partial charge in [0.2, 0.25) is 5.69 Å². The minimum Gasteiger partial charge on any atom is -0.493 e. The molecule has 0 spiro atoms. The third-order valence-corrected chi connectivity index (χ3v) is 4.99. The number of ether oxygens (including phenoxy) is 4. The summed E-state index contributed by atoms with van der Waals surface area (Å²) in [6.07, 6.45) is -4.53. The number of carbonyl (C=O) groups excluding carboxylic acids is 2. The molecule has 0 bridgehead atoms. The van der Waals surface area contributed by atoms with Gasteiger partial charge in [-0.1, -0.05) is 6.07 Å². The molecule has 1 unspecified atom stereocenters. The van der Waals surface area contributed by atoms with E-state index < -0.39 is 29.7 Å². The predicted octanol–water partition coefficient (Wildman–Crippen LogP) is 3.85. The number of carbonyl (C=O) groups is 2. The lowest BCUT2D eigenvalue weighted by Gasteiger charge is -2.19. The zero-order chi connectivity index (χ0) is 25.2. The Kier molecular flexibility index (Phi) is 6.54. The Hall–Kier alpha value is -4.22. The standard InChI is InChI=1S/C23H20F3N3O6/c1-13(21(30)27-15-6-7-17-18(11-15)34-9-8-33-17)35-22(31)20-19(32-2)12-29(28-20)16-5-3-4-14(10-16)23(24,25)26/h3-7,10-13H,8-9H2,1-2H3,(H,27,30). The van der Waals surface area contributed by atoms with Crippen LogP contribution in [0.3, 0.4) is 0 Å². The summed E-state index contributed by atoms with van der Waals surface area (Å²) in [7, 11) is 1.27. The molecule has 1 aromatic heterocycles. The monoisotopic (exact) mass is 491 g/mol. The van der Waals surface area contributed by atoms with Gasteiger partial charge >= 0.3 is 12.1 Å². The predicted molar refractivity (Wildman–Crippen MR) is 116 cm³/mol. The van der Waals surface area contributed by atoms with Crippen molar-refractivity contribution in [2.75, 3.05) is 25.6 Å². The normalized spacial score (nSPS) is 13.6. The van der Waals surface area contributed by atoms with E-state index in [2.05, 4.69) is 10.4 Å². The van der Waals surface area contributed by atoms with Crippen molar-refractivity contribution < 1.29 is 41.7 Å². The lowest BCUT2D eigenvalue weighted by atomic mass is 10.2. The van der Waals surface area contributed by atoms with Gasteiger partial charge < -0.3 is 24.3 Å². The molecule has 35 heavy (non-hydrogen) atoms. The van der Waals surface area contributed by atoms with Gasteiger partial charge in [-0.05, 0) is 37.3 Å². The highest BCUT2D eigenvalue weighted by Gasteiger charge is 2.31. The minimum absolute atomic E-state index is 0.0353. The number of benzene rings is 2. The van der Waals surface area contributed by atoms with E-state index in [0.29, 0.717) is 30.4 Å². The fraction of sp³-hybridized carbons (Fsp3) is 0.261. The van der Waals surface area contributed by atoms with Crippen LogP contribution in [0.5, 0.6) is 17.2 Å². The topological polar surface area (TPSA) is 101 Å². The van der Waals surface area contributed by atoms with Crippen molar-refractivity contribution in [3.05, 3.63) is 59.9 Å². The van der Waals surface area contributed by atoms with Crippen molar-refractivity contribution in [2.24, 2.45) is 0 Å². The number of esters is 1. The van der Waals surface area contributed by atoms with Crippen LogP contribution in [0, 0.1) is 0 Å². The molecule has 0 aliphatic carbocycles. The SMILES string of the molecule is COc1cn(-c2cccc(C(F)(F)F)c2)nc1C(=O)OC(C)C(=O)Nc1ccc2c(c1)OCCO2. The number of hydrogen-bond donors (Lipinski definition) is 1. The van der Waals surface area contributed by atoms with E-state index in [4.69, 9.17) is 18.9 Å². The molecule has 0 radical (unpaired) electrons. The van der Waals surface area contributed by atoms with E-state index in [1.165, 1.54) is 32.4 Å². The number of anilines is 1. The van der Waals surface area contributed by atoms with Crippen LogP contribution >= 0.6 is 0 Å². The first-order valence-electron chi connectivity index (χ1n) is 10.4. The smallest absolute Gasteiger partial charge is 0.416 e. The molecule has 2 aromatic carbocycles. The molecular formula is C23H20F3N3O6. The van der Waals surface area contributed by atoms with Crippen molar-refractivity contribution in [2.45, 2.75) is 19.2 Å². The summed E-state index contributed by atoms with van der Waals surface area (Å²) in [6, 6.07) is 9.24. The Morgan fingerprint density at radius 3 is 2.57 bits per heavy atom. The number of alkyl halides is 3. The fourth-order valence-electron chi connectivity index (χ4n) is 3.24. The second-order valence-corrected chi connectivity index (χ2v) is 7.43. The van der Waals surface area contributed by atoms with E-state index in [1.54, 1.807) is 18.2 Å². The van der Waals surface area contributed by atoms with Gasteiger partial charge in [-0.15, -0.1) is 0 Å². The Bertz CT molecular complexity index is 1260. The van der Waals surface area contributed by atoms with Crippen LogP contribution in [0.15, 0.2) is 48.7 Å². The zero-order valence-electron chi connectivity index (χ0n) is 18.6. The average molecular weight is 491 g/mol. The first-order valence-corrected chi connectivity index (χ1v) is 10.4. The fourth-order valence-corrected chi connectivity index (χ4v) is 3.24. The van der Waals surface area contributed by atoms with E-state index in [-0.39, 0.29) is 17.1 Å². The number of halogens is 3. The van der Waals surface area contributed by atoms with Crippen LogP contribution in [-0.2, 0) is 15.7 Å². The molecule has 4 rings (SSSR count). The Morgan fingerprint density at radius 1 is 1.11 bits per heavy atom. The summed E-state index contributed by atoms with van der Waals surface area (Å²) in [6.45, 7) is 2.17. The van der Waals surface area contributed by atoms with E-state index in [0.717, 1.165) is 16.8 Å². The third kappa shape index (κ3) is 5.31. The Balaban J connectivity index is 1.46. The molecule has 184 valence electrons. The maximum Gasteiger partial charge on any atom is 0.416 e. The van der Waals surface area contributed by atoms with Gasteiger partial charge in [0.25, 0.3) is 5.91 Å². The number of hydrogen-bond acceptors (Lipinski definition) is 7. The summed E-state index contributed by atoms with van der Waals surface area (Å²) in [5.74, 6) is -0.615. The van der Waals surface area contributed by atoms with Gasteiger partial charge in [-0.3, -0.25) is 4.79 Å². The first-order chi connectivity index (χ1) is 16.7. The molecule has 0 saturated carbocycles. The molecular weight excluding hydrogens is 471 g/mol. The Morgan fingerprint density at radius 2 is 1.86 bits per heavy atom. The highest BCUT2D eigenvalue weighted by Crippen LogP contribution is 2.33. The summed E-state index contributed by atoms with van der Waals surface area (Å²) in [5.41, 5.74) is -0.711. The van der Waals surface area contributed by atoms with Crippen LogP contribution in [0.25, 0.3) is 5.69 Å². The molecule has 1 atom stereocenters. The molecule has 1 N–H and O–H groups in total. The largest absolute Gasteiger partial charge is 0.493 e. The van der Waals surface area contributed by atoms with E-state index >= 15 is 0 Å². The van der Waals surface area contributed by atoms with Crippen LogP contribution in [0.4, 0.5) is 18.9 Å². The van der Waals surface area contributed by atoms with Gasteiger partial charge in [-0.2, -0.15) is 18.3 Å². The Labute approximate surface area is 197 Å². The third-order valence-electron chi connectivity index (χ3n) is 4.99. The summed E-state index contributed by atoms with van der Waals surface area (Å²) >= 11 is 0. The number of aromatic nitrogens is 2. The second-order valence-electron chi connectivity index (χ2n) is 7.43. The summed E-state index contributed by atoms with van der Waals surface area (Å²) < 4.78 is 61.4.